The molecule has 1 atom stereocenters. The molecule has 0 unspecified atom stereocenters. The highest BCUT2D eigenvalue weighted by atomic mass is 32.2. The van der Waals surface area contributed by atoms with E-state index in [0.717, 1.165) is 33.0 Å². The Balaban J connectivity index is 1.23. The number of aromatic nitrogens is 1. The number of amides is 1. The quantitative estimate of drug-likeness (QED) is 0.136. The third kappa shape index (κ3) is 7.68. The predicted molar refractivity (Wildman–Crippen MR) is 167 cm³/mol. The number of thiol groups is 1. The van der Waals surface area contributed by atoms with Crippen LogP contribution in [0.4, 0.5) is 5.69 Å². The summed E-state index contributed by atoms with van der Waals surface area (Å²) >= 11 is 0. The van der Waals surface area contributed by atoms with Crippen molar-refractivity contribution in [3.05, 3.63) is 101 Å². The van der Waals surface area contributed by atoms with E-state index in [4.69, 9.17) is 4.74 Å². The van der Waals surface area contributed by atoms with Gasteiger partial charge in [-0.3, -0.25) is 29.1 Å². The summed E-state index contributed by atoms with van der Waals surface area (Å²) in [6.45, 7) is 7.54. The lowest BCUT2D eigenvalue weighted by Crippen LogP contribution is -2.57. The van der Waals surface area contributed by atoms with E-state index >= 15 is 0 Å². The van der Waals surface area contributed by atoms with Crippen molar-refractivity contribution >= 4 is 33.4 Å². The zero-order valence-corrected chi connectivity index (χ0v) is 25.2. The number of anilines is 1. The molecule has 2 N–H and O–H groups in total. The van der Waals surface area contributed by atoms with Crippen molar-refractivity contribution in [1.82, 2.24) is 20.3 Å². The van der Waals surface area contributed by atoms with Gasteiger partial charge in [0, 0.05) is 49.4 Å². The number of benzene rings is 3. The molecule has 0 bridgehead atoms. The fraction of sp³-hybridized carbons (Fsp3) is 0.312. The van der Waals surface area contributed by atoms with Crippen LogP contribution in [0.5, 0.6) is 5.75 Å². The zero-order valence-electron chi connectivity index (χ0n) is 24.3. The summed E-state index contributed by atoms with van der Waals surface area (Å²) < 4.78 is 31.9. The molecule has 0 saturated carbocycles. The number of piperazine rings is 1. The highest BCUT2D eigenvalue weighted by Crippen LogP contribution is 2.24. The first-order valence-electron chi connectivity index (χ1n) is 14.3. The average molecular weight is 604 g/mol. The number of nitrogens with one attached hydrogen (secondary N) is 1. The van der Waals surface area contributed by atoms with E-state index in [1.807, 2.05) is 42.2 Å². The van der Waals surface area contributed by atoms with E-state index in [1.165, 1.54) is 11.1 Å². The molecule has 0 spiro atoms. The summed E-state index contributed by atoms with van der Waals surface area (Å²) in [5, 5.41) is 10.5. The van der Waals surface area contributed by atoms with E-state index in [1.54, 1.807) is 29.7 Å². The van der Waals surface area contributed by atoms with Crippen LogP contribution >= 0.6 is 0 Å². The van der Waals surface area contributed by atoms with Crippen molar-refractivity contribution < 1.29 is 23.2 Å². The third-order valence-corrected chi connectivity index (χ3v) is 8.58. The van der Waals surface area contributed by atoms with Crippen LogP contribution in [0.3, 0.4) is 0 Å². The summed E-state index contributed by atoms with van der Waals surface area (Å²) in [5.41, 5.74) is 7.37. The third-order valence-electron chi connectivity index (χ3n) is 7.79. The SMILES string of the molecule is Cc1ccc(CN2CCN([C@@H](CN(c3ccc(OCc4cc(C)nc5ccccc45)cc3)[SH](=O)=O)C(=O)NO)CC2)cc1. The second-order valence-electron chi connectivity index (χ2n) is 10.8. The second kappa shape index (κ2) is 14.0. The molecule has 4 aromatic rings. The van der Waals surface area contributed by atoms with Crippen LogP contribution in [0, 0.1) is 13.8 Å². The molecule has 3 aromatic carbocycles. The molecule has 1 amide bonds. The van der Waals surface area contributed by atoms with Crippen molar-refractivity contribution in [2.45, 2.75) is 33.0 Å². The second-order valence-corrected chi connectivity index (χ2v) is 11.8. The van der Waals surface area contributed by atoms with Gasteiger partial charge in [-0.15, -0.1) is 0 Å². The van der Waals surface area contributed by atoms with Crippen molar-refractivity contribution in [2.75, 3.05) is 37.0 Å². The normalized spacial score (nSPS) is 15.0. The van der Waals surface area contributed by atoms with Crippen LogP contribution in [0.25, 0.3) is 10.9 Å². The van der Waals surface area contributed by atoms with E-state index in [-0.39, 0.29) is 6.54 Å². The molecule has 43 heavy (non-hydrogen) atoms. The Morgan fingerprint density at radius 3 is 2.37 bits per heavy atom. The number of para-hydroxylation sites is 1. The topological polar surface area (TPSA) is 115 Å². The Hall–Kier alpha value is -4.03. The fourth-order valence-corrected chi connectivity index (χ4v) is 6.05. The number of hydroxylamine groups is 1. The smallest absolute Gasteiger partial charge is 0.262 e. The van der Waals surface area contributed by atoms with Crippen LogP contribution < -0.4 is 14.5 Å². The van der Waals surface area contributed by atoms with Gasteiger partial charge in [0.15, 0.2) is 0 Å². The maximum absolute atomic E-state index is 12.7. The first kappa shape index (κ1) is 30.4. The molecular weight excluding hydrogens is 566 g/mol. The minimum Gasteiger partial charge on any atom is -0.489 e. The maximum Gasteiger partial charge on any atom is 0.262 e. The lowest BCUT2D eigenvalue weighted by atomic mass is 10.1. The molecule has 11 heteroatoms. The number of carbonyl (C=O) groups excluding carboxylic acids is 1. The number of aryl methyl sites for hydroxylation is 2. The van der Waals surface area contributed by atoms with Gasteiger partial charge in [-0.1, -0.05) is 48.0 Å². The van der Waals surface area contributed by atoms with Crippen LogP contribution in [0.15, 0.2) is 78.9 Å². The molecule has 1 saturated heterocycles. The Bertz CT molecular complexity index is 1610. The molecule has 1 aromatic heterocycles. The van der Waals surface area contributed by atoms with Gasteiger partial charge >= 0.3 is 0 Å². The molecule has 10 nitrogen and oxygen atoms in total. The molecule has 1 aliphatic rings. The van der Waals surface area contributed by atoms with Gasteiger partial charge in [0.05, 0.1) is 17.7 Å². The summed E-state index contributed by atoms with van der Waals surface area (Å²) in [7, 11) is -3.06. The number of fused-ring (bicyclic) bond motifs is 1. The largest absolute Gasteiger partial charge is 0.489 e. The molecule has 0 radical (unpaired) electrons. The summed E-state index contributed by atoms with van der Waals surface area (Å²) in [6.07, 6.45) is 0. The first-order valence-corrected chi connectivity index (χ1v) is 15.4. The molecule has 0 aliphatic carbocycles. The van der Waals surface area contributed by atoms with Crippen LogP contribution in [0.2, 0.25) is 0 Å². The standard InChI is InChI=1S/C32H37N5O5S/c1-23-7-9-25(10-8-23)20-35-15-17-36(18-16-35)31(32(38)34-39)21-37(43(40)41)27-11-13-28(14-12-27)42-22-26-19-24(2)33-30-6-4-3-5-29(26)30/h3-14,19,31,39,43H,15-18,20-22H2,1-2H3,(H,34,38)/t31-/m0/s1. The number of hydrogen-bond donors (Lipinski definition) is 3. The molecule has 226 valence electrons. The first-order chi connectivity index (χ1) is 20.8. The highest BCUT2D eigenvalue weighted by Gasteiger charge is 2.31. The van der Waals surface area contributed by atoms with Crippen molar-refractivity contribution in [1.29, 1.82) is 0 Å². The van der Waals surface area contributed by atoms with Crippen LogP contribution in [-0.4, -0.2) is 73.1 Å². The molecule has 1 fully saturated rings. The maximum atomic E-state index is 12.7. The predicted octanol–water partition coefficient (Wildman–Crippen LogP) is 3.46. The number of rotatable bonds is 11. The van der Waals surface area contributed by atoms with E-state index < -0.39 is 22.8 Å². The minimum absolute atomic E-state index is 0.133. The van der Waals surface area contributed by atoms with Crippen molar-refractivity contribution in [3.8, 4) is 5.75 Å². The molecule has 2 heterocycles. The van der Waals surface area contributed by atoms with Gasteiger partial charge in [-0.05, 0) is 55.8 Å². The monoisotopic (exact) mass is 603 g/mol. The highest BCUT2D eigenvalue weighted by molar-refractivity contribution is 7.74. The zero-order chi connectivity index (χ0) is 30.3. The Kier molecular flexibility index (Phi) is 9.88. The van der Waals surface area contributed by atoms with Gasteiger partial charge < -0.3 is 4.74 Å². The van der Waals surface area contributed by atoms with E-state index in [9.17, 15) is 18.4 Å². The van der Waals surface area contributed by atoms with Crippen LogP contribution in [0.1, 0.15) is 22.4 Å². The van der Waals surface area contributed by atoms with Gasteiger partial charge in [-0.2, -0.15) is 0 Å². The lowest BCUT2D eigenvalue weighted by molar-refractivity contribution is -0.135. The van der Waals surface area contributed by atoms with Gasteiger partial charge in [0.2, 0.25) is 10.9 Å². The summed E-state index contributed by atoms with van der Waals surface area (Å²) in [6, 6.07) is 24.2. The van der Waals surface area contributed by atoms with Crippen LogP contribution in [-0.2, 0) is 28.8 Å². The summed E-state index contributed by atoms with van der Waals surface area (Å²) in [5.74, 6) is -0.0635. The van der Waals surface area contributed by atoms with Crippen molar-refractivity contribution in [2.24, 2.45) is 0 Å². The number of pyridine rings is 1. The van der Waals surface area contributed by atoms with Crippen molar-refractivity contribution in [3.63, 3.8) is 0 Å². The van der Waals surface area contributed by atoms with Gasteiger partial charge in [0.1, 0.15) is 18.4 Å². The lowest BCUT2D eigenvalue weighted by Gasteiger charge is -2.39. The number of carbonyl (C=O) groups is 1. The number of ether oxygens (including phenoxy) is 1. The average Bonchev–Trinajstić information content (AvgIpc) is 3.02. The Morgan fingerprint density at radius 2 is 1.70 bits per heavy atom. The van der Waals surface area contributed by atoms with E-state index in [2.05, 4.69) is 41.1 Å². The van der Waals surface area contributed by atoms with Gasteiger partial charge in [0.25, 0.3) is 5.91 Å². The number of nitrogens with zero attached hydrogens (tertiary/aromatic N) is 4. The Labute approximate surface area is 253 Å². The molecule has 1 aliphatic heterocycles. The minimum atomic E-state index is -3.06. The number of hydrogen-bond acceptors (Lipinski definition) is 8. The van der Waals surface area contributed by atoms with Gasteiger partial charge in [-0.25, -0.2) is 13.9 Å². The molecular formula is C32H37N5O5S. The fourth-order valence-electron chi connectivity index (χ4n) is 5.44. The Morgan fingerprint density at radius 1 is 1.00 bits per heavy atom. The summed E-state index contributed by atoms with van der Waals surface area (Å²) in [4.78, 5) is 21.5. The molecule has 5 rings (SSSR count). The van der Waals surface area contributed by atoms with E-state index in [0.29, 0.717) is 44.2 Å².